The second-order valence-corrected chi connectivity index (χ2v) is 4.44. The summed E-state index contributed by atoms with van der Waals surface area (Å²) in [5.41, 5.74) is 0. The number of hydrogen-bond acceptors (Lipinski definition) is 1. The summed E-state index contributed by atoms with van der Waals surface area (Å²) < 4.78 is 0. The Balaban J connectivity index is 2.44. The second-order valence-electron chi connectivity index (χ2n) is 4.44. The summed E-state index contributed by atoms with van der Waals surface area (Å²) in [6.45, 7) is 9.69. The van der Waals surface area contributed by atoms with Gasteiger partial charge in [0.2, 0.25) is 0 Å². The minimum atomic E-state index is 0.874. The molecule has 1 heterocycles. The summed E-state index contributed by atoms with van der Waals surface area (Å²) in [5.74, 6) is 2.73. The van der Waals surface area contributed by atoms with E-state index in [1.54, 1.807) is 0 Å². The van der Waals surface area contributed by atoms with E-state index < -0.39 is 0 Å². The molecule has 66 valence electrons. The Bertz CT molecular complexity index is 120. The number of piperidine rings is 1. The van der Waals surface area contributed by atoms with E-state index in [1.165, 1.54) is 19.5 Å². The highest BCUT2D eigenvalue weighted by atomic mass is 15.1. The SMILES string of the molecule is CC(C)C1CCN(C)CC1C. The molecule has 1 rings (SSSR count). The van der Waals surface area contributed by atoms with E-state index in [9.17, 15) is 0 Å². The summed E-state index contributed by atoms with van der Waals surface area (Å²) in [5, 5.41) is 0. The molecule has 0 bridgehead atoms. The van der Waals surface area contributed by atoms with Crippen molar-refractivity contribution in [3.05, 3.63) is 0 Å². The van der Waals surface area contributed by atoms with Crippen LogP contribution in [0.2, 0.25) is 0 Å². The van der Waals surface area contributed by atoms with E-state index in [1.807, 2.05) is 0 Å². The summed E-state index contributed by atoms with van der Waals surface area (Å²) in [6.07, 6.45) is 1.40. The van der Waals surface area contributed by atoms with Gasteiger partial charge >= 0.3 is 0 Å². The van der Waals surface area contributed by atoms with Gasteiger partial charge in [0.25, 0.3) is 0 Å². The molecule has 11 heavy (non-hydrogen) atoms. The van der Waals surface area contributed by atoms with Crippen LogP contribution in [0.4, 0.5) is 0 Å². The molecule has 2 atom stereocenters. The number of rotatable bonds is 1. The fraction of sp³-hybridized carbons (Fsp3) is 1.00. The van der Waals surface area contributed by atoms with Crippen LogP contribution in [0, 0.1) is 17.8 Å². The van der Waals surface area contributed by atoms with E-state index in [2.05, 4.69) is 32.7 Å². The minimum absolute atomic E-state index is 0.874. The first-order chi connectivity index (χ1) is 5.11. The van der Waals surface area contributed by atoms with Crippen molar-refractivity contribution in [2.24, 2.45) is 17.8 Å². The van der Waals surface area contributed by atoms with E-state index in [-0.39, 0.29) is 0 Å². The lowest BCUT2D eigenvalue weighted by Crippen LogP contribution is -2.38. The summed E-state index contributed by atoms with van der Waals surface area (Å²) in [7, 11) is 2.23. The van der Waals surface area contributed by atoms with Gasteiger partial charge in [-0.1, -0.05) is 20.8 Å². The van der Waals surface area contributed by atoms with E-state index in [4.69, 9.17) is 0 Å². The topological polar surface area (TPSA) is 3.24 Å². The van der Waals surface area contributed by atoms with E-state index >= 15 is 0 Å². The van der Waals surface area contributed by atoms with Gasteiger partial charge in [-0.2, -0.15) is 0 Å². The molecule has 0 aromatic carbocycles. The molecule has 0 N–H and O–H groups in total. The van der Waals surface area contributed by atoms with Crippen molar-refractivity contribution in [1.82, 2.24) is 4.90 Å². The highest BCUT2D eigenvalue weighted by molar-refractivity contribution is 4.77. The van der Waals surface area contributed by atoms with Gasteiger partial charge in [0.1, 0.15) is 0 Å². The number of nitrogens with zero attached hydrogens (tertiary/aromatic N) is 1. The van der Waals surface area contributed by atoms with Crippen LogP contribution in [0.1, 0.15) is 27.2 Å². The lowest BCUT2D eigenvalue weighted by molar-refractivity contribution is 0.122. The Morgan fingerprint density at radius 2 is 2.00 bits per heavy atom. The van der Waals surface area contributed by atoms with Crippen LogP contribution >= 0.6 is 0 Å². The van der Waals surface area contributed by atoms with Crippen molar-refractivity contribution < 1.29 is 0 Å². The van der Waals surface area contributed by atoms with Gasteiger partial charge in [-0.25, -0.2) is 0 Å². The van der Waals surface area contributed by atoms with Crippen molar-refractivity contribution in [3.8, 4) is 0 Å². The Hall–Kier alpha value is -0.0400. The first kappa shape index (κ1) is 9.05. The van der Waals surface area contributed by atoms with Crippen molar-refractivity contribution in [3.63, 3.8) is 0 Å². The maximum absolute atomic E-state index is 2.45. The monoisotopic (exact) mass is 155 g/mol. The highest BCUT2D eigenvalue weighted by Gasteiger charge is 2.25. The van der Waals surface area contributed by atoms with Crippen molar-refractivity contribution in [1.29, 1.82) is 0 Å². The quantitative estimate of drug-likeness (QED) is 0.561. The zero-order chi connectivity index (χ0) is 8.43. The summed E-state index contributed by atoms with van der Waals surface area (Å²) in [6, 6.07) is 0. The third-order valence-electron chi connectivity index (χ3n) is 3.03. The fourth-order valence-corrected chi connectivity index (χ4v) is 2.36. The normalized spacial score (nSPS) is 34.6. The lowest BCUT2D eigenvalue weighted by Gasteiger charge is -2.37. The average Bonchev–Trinajstić information content (AvgIpc) is 1.85. The van der Waals surface area contributed by atoms with E-state index in [0.29, 0.717) is 0 Å². The van der Waals surface area contributed by atoms with Crippen LogP contribution < -0.4 is 0 Å². The molecule has 1 fully saturated rings. The first-order valence-corrected chi connectivity index (χ1v) is 4.79. The smallest absolute Gasteiger partial charge is 0.000672 e. The van der Waals surface area contributed by atoms with Crippen molar-refractivity contribution >= 4 is 0 Å². The van der Waals surface area contributed by atoms with Crippen molar-refractivity contribution in [2.45, 2.75) is 27.2 Å². The van der Waals surface area contributed by atoms with Gasteiger partial charge in [-0.3, -0.25) is 0 Å². The highest BCUT2D eigenvalue weighted by Crippen LogP contribution is 2.28. The third kappa shape index (κ3) is 2.19. The van der Waals surface area contributed by atoms with Crippen LogP contribution in [0.5, 0.6) is 0 Å². The predicted octanol–water partition coefficient (Wildman–Crippen LogP) is 2.23. The maximum Gasteiger partial charge on any atom is 0.000672 e. The Labute approximate surface area is 70.8 Å². The fourth-order valence-electron chi connectivity index (χ4n) is 2.36. The number of likely N-dealkylation sites (tertiary alicyclic amines) is 1. The molecule has 0 amide bonds. The molecule has 1 saturated heterocycles. The molecule has 1 aliphatic rings. The van der Waals surface area contributed by atoms with E-state index in [0.717, 1.165) is 17.8 Å². The molecule has 2 unspecified atom stereocenters. The van der Waals surface area contributed by atoms with Gasteiger partial charge in [-0.15, -0.1) is 0 Å². The molecule has 0 aromatic heterocycles. The number of hydrogen-bond donors (Lipinski definition) is 0. The zero-order valence-corrected chi connectivity index (χ0v) is 8.30. The Morgan fingerprint density at radius 3 is 2.45 bits per heavy atom. The molecular formula is C10H21N. The average molecular weight is 155 g/mol. The van der Waals surface area contributed by atoms with Crippen LogP contribution in [0.3, 0.4) is 0 Å². The molecule has 1 aliphatic heterocycles. The lowest BCUT2D eigenvalue weighted by atomic mass is 9.79. The van der Waals surface area contributed by atoms with Crippen LogP contribution in [0.25, 0.3) is 0 Å². The van der Waals surface area contributed by atoms with Gasteiger partial charge in [0, 0.05) is 6.54 Å². The van der Waals surface area contributed by atoms with Crippen LogP contribution in [0.15, 0.2) is 0 Å². The first-order valence-electron chi connectivity index (χ1n) is 4.79. The molecular weight excluding hydrogens is 134 g/mol. The predicted molar refractivity (Wildman–Crippen MR) is 49.6 cm³/mol. The van der Waals surface area contributed by atoms with Crippen molar-refractivity contribution in [2.75, 3.05) is 20.1 Å². The summed E-state index contributed by atoms with van der Waals surface area (Å²) >= 11 is 0. The Morgan fingerprint density at radius 1 is 1.36 bits per heavy atom. The second kappa shape index (κ2) is 3.57. The van der Waals surface area contributed by atoms with Gasteiger partial charge < -0.3 is 4.90 Å². The Kier molecular flexibility index (Phi) is 2.94. The molecule has 1 nitrogen and oxygen atoms in total. The van der Waals surface area contributed by atoms with Gasteiger partial charge in [0.05, 0.1) is 0 Å². The third-order valence-corrected chi connectivity index (χ3v) is 3.03. The standard InChI is InChI=1S/C10H21N/c1-8(2)10-5-6-11(4)7-9(10)3/h8-10H,5-7H2,1-4H3. The van der Waals surface area contributed by atoms with Crippen LogP contribution in [-0.2, 0) is 0 Å². The largest absolute Gasteiger partial charge is 0.306 e. The van der Waals surface area contributed by atoms with Gasteiger partial charge in [-0.05, 0) is 37.8 Å². The molecule has 0 radical (unpaired) electrons. The molecule has 1 heteroatoms. The molecule has 0 aliphatic carbocycles. The maximum atomic E-state index is 2.45. The molecule has 0 saturated carbocycles. The zero-order valence-electron chi connectivity index (χ0n) is 8.30. The minimum Gasteiger partial charge on any atom is -0.306 e. The van der Waals surface area contributed by atoms with Crippen LogP contribution in [-0.4, -0.2) is 25.0 Å². The van der Waals surface area contributed by atoms with Gasteiger partial charge in [0.15, 0.2) is 0 Å². The molecule has 0 aromatic rings. The molecule has 0 spiro atoms. The summed E-state index contributed by atoms with van der Waals surface area (Å²) in [4.78, 5) is 2.45.